The number of para-hydroxylation sites is 1. The van der Waals surface area contributed by atoms with E-state index in [1.807, 2.05) is 6.07 Å². The summed E-state index contributed by atoms with van der Waals surface area (Å²) in [5.41, 5.74) is 0.920. The Morgan fingerprint density at radius 2 is 1.71 bits per heavy atom. The molecular weight excluding hydrogens is 403 g/mol. The molecule has 0 bridgehead atoms. The third-order valence-corrected chi connectivity index (χ3v) is 5.14. The molecule has 0 N–H and O–H groups in total. The lowest BCUT2D eigenvalue weighted by molar-refractivity contribution is -0.137. The van der Waals surface area contributed by atoms with E-state index in [9.17, 15) is 18.0 Å². The van der Waals surface area contributed by atoms with Gasteiger partial charge in [0.15, 0.2) is 0 Å². The smallest absolute Gasteiger partial charge is 0.276 e. The Morgan fingerprint density at radius 3 is 2.48 bits per heavy atom. The zero-order chi connectivity index (χ0) is 21.6. The minimum Gasteiger partial charge on any atom is -0.276 e. The van der Waals surface area contributed by atoms with E-state index in [4.69, 9.17) is 0 Å². The second kappa shape index (κ2) is 7.05. The fraction of sp³-hybridized carbons (Fsp3) is 0.0417. The number of pyridine rings is 3. The number of aromatic nitrogens is 3. The largest absolute Gasteiger partial charge is 0.416 e. The van der Waals surface area contributed by atoms with Gasteiger partial charge in [-0.1, -0.05) is 30.3 Å². The van der Waals surface area contributed by atoms with Crippen LogP contribution in [0.2, 0.25) is 0 Å². The Morgan fingerprint density at radius 1 is 0.871 bits per heavy atom. The minimum absolute atomic E-state index is 0.131. The van der Waals surface area contributed by atoms with Gasteiger partial charge in [-0.05, 0) is 36.4 Å². The first-order valence-electron chi connectivity index (χ1n) is 9.45. The van der Waals surface area contributed by atoms with Gasteiger partial charge in [0.05, 0.1) is 16.6 Å². The zero-order valence-electron chi connectivity index (χ0n) is 16.0. The SMILES string of the molecule is O=c1c(-c2cccnc2)cc2cnc3ccccc3c2n1-c1cccc(C(F)(F)F)c1. The van der Waals surface area contributed by atoms with Crippen LogP contribution in [0.15, 0.2) is 90.1 Å². The van der Waals surface area contributed by atoms with E-state index in [1.165, 1.54) is 16.7 Å². The van der Waals surface area contributed by atoms with E-state index >= 15 is 0 Å². The van der Waals surface area contributed by atoms with E-state index in [2.05, 4.69) is 9.97 Å². The molecule has 4 nitrogen and oxygen atoms in total. The minimum atomic E-state index is -4.53. The molecule has 3 heterocycles. The maximum Gasteiger partial charge on any atom is 0.416 e. The van der Waals surface area contributed by atoms with Gasteiger partial charge in [0.2, 0.25) is 0 Å². The lowest BCUT2D eigenvalue weighted by Crippen LogP contribution is -2.21. The summed E-state index contributed by atoms with van der Waals surface area (Å²) in [7, 11) is 0. The highest BCUT2D eigenvalue weighted by atomic mass is 19.4. The number of halogens is 3. The van der Waals surface area contributed by atoms with Gasteiger partial charge in [-0.25, -0.2) is 0 Å². The third kappa shape index (κ3) is 3.24. The molecule has 31 heavy (non-hydrogen) atoms. The first-order chi connectivity index (χ1) is 14.9. The molecule has 0 fully saturated rings. The summed E-state index contributed by atoms with van der Waals surface area (Å²) in [6.07, 6.45) is 0.236. The Labute approximate surface area is 174 Å². The Kier molecular flexibility index (Phi) is 4.32. The molecule has 0 saturated heterocycles. The molecule has 0 radical (unpaired) electrons. The molecule has 0 aliphatic heterocycles. The van der Waals surface area contributed by atoms with Gasteiger partial charge < -0.3 is 0 Å². The van der Waals surface area contributed by atoms with Crippen molar-refractivity contribution in [3.8, 4) is 16.8 Å². The number of hydrogen-bond donors (Lipinski definition) is 0. The second-order valence-electron chi connectivity index (χ2n) is 7.07. The molecule has 7 heteroatoms. The average Bonchev–Trinajstić information content (AvgIpc) is 2.78. The van der Waals surface area contributed by atoms with Crippen LogP contribution in [0.4, 0.5) is 13.2 Å². The van der Waals surface area contributed by atoms with Crippen molar-refractivity contribution in [2.24, 2.45) is 0 Å². The normalized spacial score (nSPS) is 11.8. The van der Waals surface area contributed by atoms with Gasteiger partial charge in [0, 0.05) is 46.2 Å². The molecule has 0 amide bonds. The average molecular weight is 417 g/mol. The van der Waals surface area contributed by atoms with Crippen molar-refractivity contribution in [1.82, 2.24) is 14.5 Å². The summed E-state index contributed by atoms with van der Waals surface area (Å²) in [5.74, 6) is 0. The molecule has 0 aliphatic carbocycles. The van der Waals surface area contributed by atoms with Crippen LogP contribution in [0.5, 0.6) is 0 Å². The molecule has 0 unspecified atom stereocenters. The summed E-state index contributed by atoms with van der Waals surface area (Å²) in [6, 6.07) is 17.1. The molecule has 3 aromatic heterocycles. The van der Waals surface area contributed by atoms with Gasteiger partial charge in [-0.2, -0.15) is 13.2 Å². The van der Waals surface area contributed by atoms with Gasteiger partial charge in [0.1, 0.15) is 0 Å². The number of hydrogen-bond acceptors (Lipinski definition) is 3. The fourth-order valence-corrected chi connectivity index (χ4v) is 3.73. The van der Waals surface area contributed by atoms with Crippen molar-refractivity contribution >= 4 is 21.8 Å². The Bertz CT molecular complexity index is 1490. The molecule has 0 aliphatic rings. The number of nitrogens with zero attached hydrogens (tertiary/aromatic N) is 3. The van der Waals surface area contributed by atoms with Crippen LogP contribution in [0.3, 0.4) is 0 Å². The maximum absolute atomic E-state index is 13.6. The van der Waals surface area contributed by atoms with Crippen molar-refractivity contribution in [2.45, 2.75) is 6.18 Å². The van der Waals surface area contributed by atoms with Crippen LogP contribution < -0.4 is 5.56 Å². The van der Waals surface area contributed by atoms with E-state index in [0.717, 1.165) is 12.1 Å². The van der Waals surface area contributed by atoms with Crippen LogP contribution in [0, 0.1) is 0 Å². The molecule has 5 aromatic rings. The van der Waals surface area contributed by atoms with Crippen LogP contribution >= 0.6 is 0 Å². The number of rotatable bonds is 2. The lowest BCUT2D eigenvalue weighted by Gasteiger charge is -2.16. The fourth-order valence-electron chi connectivity index (χ4n) is 3.73. The van der Waals surface area contributed by atoms with Crippen LogP contribution in [-0.4, -0.2) is 14.5 Å². The highest BCUT2D eigenvalue weighted by Crippen LogP contribution is 2.32. The highest BCUT2D eigenvalue weighted by Gasteiger charge is 2.31. The van der Waals surface area contributed by atoms with E-state index in [-0.39, 0.29) is 5.69 Å². The van der Waals surface area contributed by atoms with Crippen molar-refractivity contribution in [2.75, 3.05) is 0 Å². The highest BCUT2D eigenvalue weighted by molar-refractivity contribution is 6.04. The number of alkyl halides is 3. The van der Waals surface area contributed by atoms with Gasteiger partial charge >= 0.3 is 6.18 Å². The standard InChI is InChI=1S/C24H14F3N3O/c25-24(26,27)17-6-3-7-18(12-17)30-22-16(14-29-21-9-2-1-8-19(21)22)11-20(23(30)31)15-5-4-10-28-13-15/h1-14H. The predicted octanol–water partition coefficient (Wildman–Crippen LogP) is 5.62. The van der Waals surface area contributed by atoms with E-state index in [0.29, 0.717) is 32.9 Å². The van der Waals surface area contributed by atoms with E-state index in [1.54, 1.807) is 55.0 Å². The second-order valence-corrected chi connectivity index (χ2v) is 7.07. The summed E-state index contributed by atoms with van der Waals surface area (Å²) < 4.78 is 41.5. The summed E-state index contributed by atoms with van der Waals surface area (Å²) in [5, 5.41) is 1.31. The lowest BCUT2D eigenvalue weighted by atomic mass is 10.0. The van der Waals surface area contributed by atoms with Crippen molar-refractivity contribution in [3.05, 3.63) is 101 Å². The Balaban J connectivity index is 1.95. The van der Waals surface area contributed by atoms with E-state index < -0.39 is 17.3 Å². The first-order valence-corrected chi connectivity index (χ1v) is 9.45. The third-order valence-electron chi connectivity index (χ3n) is 5.14. The maximum atomic E-state index is 13.6. The van der Waals surface area contributed by atoms with Crippen LogP contribution in [0.25, 0.3) is 38.6 Å². The monoisotopic (exact) mass is 417 g/mol. The molecule has 152 valence electrons. The van der Waals surface area contributed by atoms with Gasteiger partial charge in [0.25, 0.3) is 5.56 Å². The van der Waals surface area contributed by atoms with Gasteiger partial charge in [-0.15, -0.1) is 0 Å². The predicted molar refractivity (Wildman–Crippen MR) is 113 cm³/mol. The molecule has 0 atom stereocenters. The zero-order valence-corrected chi connectivity index (χ0v) is 16.0. The van der Waals surface area contributed by atoms with Crippen LogP contribution in [-0.2, 0) is 6.18 Å². The molecule has 0 saturated carbocycles. The topological polar surface area (TPSA) is 47.8 Å². The summed E-state index contributed by atoms with van der Waals surface area (Å²) in [6.45, 7) is 0. The molecular formula is C24H14F3N3O. The number of fused-ring (bicyclic) bond motifs is 3. The molecule has 0 spiro atoms. The van der Waals surface area contributed by atoms with Crippen LogP contribution in [0.1, 0.15) is 5.56 Å². The van der Waals surface area contributed by atoms with Crippen molar-refractivity contribution in [1.29, 1.82) is 0 Å². The molecule has 5 rings (SSSR count). The van der Waals surface area contributed by atoms with Gasteiger partial charge in [-0.3, -0.25) is 19.3 Å². The summed E-state index contributed by atoms with van der Waals surface area (Å²) >= 11 is 0. The van der Waals surface area contributed by atoms with Crippen molar-refractivity contribution in [3.63, 3.8) is 0 Å². The number of benzene rings is 2. The van der Waals surface area contributed by atoms with Crippen molar-refractivity contribution < 1.29 is 13.2 Å². The first kappa shape index (κ1) is 19.0. The summed E-state index contributed by atoms with van der Waals surface area (Å²) in [4.78, 5) is 22.1. The Hall–Kier alpha value is -4.00. The molecule has 2 aromatic carbocycles. The quantitative estimate of drug-likeness (QED) is 0.350.